The Labute approximate surface area is 180 Å². The van der Waals surface area contributed by atoms with E-state index >= 15 is 0 Å². The maximum atomic E-state index is 12.0. The number of nitrogens with zero attached hydrogens (tertiary/aromatic N) is 2. The molecule has 0 bridgehead atoms. The van der Waals surface area contributed by atoms with Gasteiger partial charge in [0.15, 0.2) is 0 Å². The number of hydrogen-bond donors (Lipinski definition) is 1. The maximum absolute atomic E-state index is 12.0. The lowest BCUT2D eigenvalue weighted by Crippen LogP contribution is -2.27. The van der Waals surface area contributed by atoms with Gasteiger partial charge in [-0.1, -0.05) is 54.6 Å². The van der Waals surface area contributed by atoms with Crippen LogP contribution in [0.1, 0.15) is 28.8 Å². The third kappa shape index (κ3) is 5.64. The highest BCUT2D eigenvalue weighted by molar-refractivity contribution is 7.09. The van der Waals surface area contributed by atoms with Gasteiger partial charge in [-0.15, -0.1) is 11.3 Å². The zero-order chi connectivity index (χ0) is 21.3. The SMILES string of the molecule is CN1C(=O)CN=C(c2ccccc2)c2ccccc21.NC(=O)CCCc1cccs1. The summed E-state index contributed by atoms with van der Waals surface area (Å²) in [5, 5.41) is 2.04. The average molecular weight is 420 g/mol. The van der Waals surface area contributed by atoms with Crippen LogP contribution in [-0.2, 0) is 16.0 Å². The van der Waals surface area contributed by atoms with E-state index in [4.69, 9.17) is 5.73 Å². The second-order valence-electron chi connectivity index (χ2n) is 6.90. The molecule has 0 spiro atoms. The van der Waals surface area contributed by atoms with Crippen molar-refractivity contribution < 1.29 is 9.59 Å². The fourth-order valence-corrected chi connectivity index (χ4v) is 3.92. The van der Waals surface area contributed by atoms with E-state index in [1.807, 2.05) is 66.0 Å². The van der Waals surface area contributed by atoms with Crippen molar-refractivity contribution in [2.75, 3.05) is 18.5 Å². The number of thiophene rings is 1. The molecule has 6 heteroatoms. The molecule has 1 aromatic heterocycles. The van der Waals surface area contributed by atoms with Crippen LogP contribution in [0.25, 0.3) is 0 Å². The molecule has 1 aliphatic heterocycles. The largest absolute Gasteiger partial charge is 0.370 e. The van der Waals surface area contributed by atoms with Crippen molar-refractivity contribution >= 4 is 34.6 Å². The summed E-state index contributed by atoms with van der Waals surface area (Å²) in [4.78, 5) is 29.8. The molecule has 1 aliphatic rings. The summed E-state index contributed by atoms with van der Waals surface area (Å²) in [6.45, 7) is 0.190. The van der Waals surface area contributed by atoms with Gasteiger partial charge in [0.05, 0.1) is 11.4 Å². The van der Waals surface area contributed by atoms with E-state index in [0.29, 0.717) is 6.42 Å². The molecule has 2 heterocycles. The lowest BCUT2D eigenvalue weighted by atomic mass is 10.0. The highest BCUT2D eigenvalue weighted by Gasteiger charge is 2.21. The minimum absolute atomic E-state index is 0.0124. The number of aryl methyl sites for hydroxylation is 1. The molecule has 0 radical (unpaired) electrons. The number of hydrogen-bond acceptors (Lipinski definition) is 4. The van der Waals surface area contributed by atoms with E-state index in [1.165, 1.54) is 4.88 Å². The fourth-order valence-electron chi connectivity index (χ4n) is 3.17. The van der Waals surface area contributed by atoms with Crippen molar-refractivity contribution in [1.82, 2.24) is 0 Å². The van der Waals surface area contributed by atoms with Gasteiger partial charge in [0.1, 0.15) is 6.54 Å². The van der Waals surface area contributed by atoms with E-state index in [9.17, 15) is 9.59 Å². The van der Waals surface area contributed by atoms with Crippen molar-refractivity contribution in [3.8, 4) is 0 Å². The number of para-hydroxylation sites is 1. The van der Waals surface area contributed by atoms with Crippen LogP contribution < -0.4 is 10.6 Å². The van der Waals surface area contributed by atoms with Crippen LogP contribution in [0.3, 0.4) is 0 Å². The first kappa shape index (κ1) is 21.5. The third-order valence-electron chi connectivity index (χ3n) is 4.74. The van der Waals surface area contributed by atoms with Gasteiger partial charge in [-0.3, -0.25) is 14.6 Å². The first-order chi connectivity index (χ1) is 14.6. The van der Waals surface area contributed by atoms with E-state index in [2.05, 4.69) is 11.1 Å². The van der Waals surface area contributed by atoms with E-state index in [-0.39, 0.29) is 18.4 Å². The van der Waals surface area contributed by atoms with Gasteiger partial charge in [0.2, 0.25) is 11.8 Å². The molecule has 2 aromatic carbocycles. The Hall–Kier alpha value is -3.25. The molecular weight excluding hydrogens is 394 g/mol. The Balaban J connectivity index is 0.000000199. The van der Waals surface area contributed by atoms with E-state index in [1.54, 1.807) is 23.3 Å². The van der Waals surface area contributed by atoms with E-state index < -0.39 is 0 Å². The second kappa shape index (κ2) is 10.5. The van der Waals surface area contributed by atoms with Gasteiger partial charge in [-0.25, -0.2) is 0 Å². The number of aliphatic imine (C=N–C) groups is 1. The number of primary amides is 1. The molecule has 3 aromatic rings. The van der Waals surface area contributed by atoms with Gasteiger partial charge in [-0.05, 0) is 30.4 Å². The van der Waals surface area contributed by atoms with Crippen LogP contribution in [0.4, 0.5) is 5.69 Å². The van der Waals surface area contributed by atoms with Crippen LogP contribution in [0, 0.1) is 0 Å². The monoisotopic (exact) mass is 419 g/mol. The molecule has 2 N–H and O–H groups in total. The number of fused-ring (bicyclic) bond motifs is 1. The van der Waals surface area contributed by atoms with E-state index in [0.717, 1.165) is 35.4 Å². The number of benzodiazepines with no additional fused rings is 1. The number of anilines is 1. The minimum atomic E-state index is -0.207. The molecule has 5 nitrogen and oxygen atoms in total. The Bertz CT molecular complexity index is 1010. The van der Waals surface area contributed by atoms with Gasteiger partial charge in [-0.2, -0.15) is 0 Å². The minimum Gasteiger partial charge on any atom is -0.370 e. The summed E-state index contributed by atoms with van der Waals surface area (Å²) in [7, 11) is 1.80. The van der Waals surface area contributed by atoms with Crippen LogP contribution in [-0.4, -0.2) is 31.1 Å². The first-order valence-electron chi connectivity index (χ1n) is 9.83. The number of nitrogens with two attached hydrogens (primary N) is 1. The Morgan fingerprint density at radius 1 is 1.07 bits per heavy atom. The molecule has 0 unspecified atom stereocenters. The fraction of sp³-hybridized carbons (Fsp3) is 0.208. The van der Waals surface area contributed by atoms with Crippen LogP contribution in [0.2, 0.25) is 0 Å². The van der Waals surface area contributed by atoms with Crippen molar-refractivity contribution in [2.45, 2.75) is 19.3 Å². The lowest BCUT2D eigenvalue weighted by molar-refractivity contribution is -0.118. The van der Waals surface area contributed by atoms with Crippen LogP contribution >= 0.6 is 11.3 Å². The lowest BCUT2D eigenvalue weighted by Gasteiger charge is -2.17. The summed E-state index contributed by atoms with van der Waals surface area (Å²) in [6, 6.07) is 22.0. The normalized spacial score (nSPS) is 12.9. The third-order valence-corrected chi connectivity index (χ3v) is 5.68. The zero-order valence-electron chi connectivity index (χ0n) is 17.0. The molecular formula is C24H25N3O2S. The number of amides is 2. The molecule has 2 amide bonds. The number of benzene rings is 2. The summed E-state index contributed by atoms with van der Waals surface area (Å²) < 4.78 is 0. The molecule has 0 saturated carbocycles. The Morgan fingerprint density at radius 3 is 2.50 bits per heavy atom. The zero-order valence-corrected chi connectivity index (χ0v) is 17.8. The molecule has 0 aliphatic carbocycles. The van der Waals surface area contributed by atoms with Crippen molar-refractivity contribution in [3.63, 3.8) is 0 Å². The Morgan fingerprint density at radius 2 is 1.80 bits per heavy atom. The highest BCUT2D eigenvalue weighted by Crippen LogP contribution is 2.25. The maximum Gasteiger partial charge on any atom is 0.248 e. The number of carbonyl (C=O) groups is 2. The molecule has 0 fully saturated rings. The summed E-state index contributed by atoms with van der Waals surface area (Å²) in [5.41, 5.74) is 8.83. The standard InChI is InChI=1S/C16H14N2O.C8H11NOS/c1-18-14-10-6-5-9-13(14)16(17-11-15(18)19)12-7-3-2-4-8-12;9-8(10)5-1-3-7-4-2-6-11-7/h2-10H,11H2,1H3;2,4,6H,1,3,5H2,(H2,9,10). The second-order valence-corrected chi connectivity index (χ2v) is 7.93. The quantitative estimate of drug-likeness (QED) is 0.677. The number of carbonyl (C=O) groups excluding carboxylic acids is 2. The summed E-state index contributed by atoms with van der Waals surface area (Å²) in [5.74, 6) is -0.195. The predicted molar refractivity (Wildman–Crippen MR) is 123 cm³/mol. The molecule has 0 saturated heterocycles. The molecule has 4 rings (SSSR count). The number of rotatable bonds is 5. The van der Waals surface area contributed by atoms with Crippen molar-refractivity contribution in [2.24, 2.45) is 10.7 Å². The summed E-state index contributed by atoms with van der Waals surface area (Å²) >= 11 is 1.72. The molecule has 30 heavy (non-hydrogen) atoms. The topological polar surface area (TPSA) is 75.8 Å². The van der Waals surface area contributed by atoms with Gasteiger partial charge >= 0.3 is 0 Å². The molecule has 0 atom stereocenters. The highest BCUT2D eigenvalue weighted by atomic mass is 32.1. The number of likely N-dealkylation sites (N-methyl/N-ethyl adjacent to an activating group) is 1. The Kier molecular flexibility index (Phi) is 7.51. The van der Waals surface area contributed by atoms with Gasteiger partial charge in [0, 0.05) is 29.5 Å². The van der Waals surface area contributed by atoms with Gasteiger partial charge in [0.25, 0.3) is 0 Å². The predicted octanol–water partition coefficient (Wildman–Crippen LogP) is 4.06. The van der Waals surface area contributed by atoms with Gasteiger partial charge < -0.3 is 10.6 Å². The summed E-state index contributed by atoms with van der Waals surface area (Å²) in [6.07, 6.45) is 2.34. The first-order valence-corrected chi connectivity index (χ1v) is 10.7. The smallest absolute Gasteiger partial charge is 0.248 e. The van der Waals surface area contributed by atoms with Crippen molar-refractivity contribution in [3.05, 3.63) is 88.1 Å². The average Bonchev–Trinajstić information content (AvgIpc) is 3.24. The van der Waals surface area contributed by atoms with Crippen LogP contribution in [0.15, 0.2) is 77.1 Å². The van der Waals surface area contributed by atoms with Crippen LogP contribution in [0.5, 0.6) is 0 Å². The van der Waals surface area contributed by atoms with Crippen molar-refractivity contribution in [1.29, 1.82) is 0 Å². The molecule has 154 valence electrons.